The first-order valence-corrected chi connectivity index (χ1v) is 6.76. The molecule has 2 rings (SSSR count). The fraction of sp³-hybridized carbons (Fsp3) is 0.364. The van der Waals surface area contributed by atoms with E-state index >= 15 is 0 Å². The number of rotatable bonds is 4. The van der Waals surface area contributed by atoms with Crippen LogP contribution < -0.4 is 10.1 Å². The lowest BCUT2D eigenvalue weighted by Crippen LogP contribution is -2.20. The van der Waals surface area contributed by atoms with Crippen LogP contribution in [0.2, 0.25) is 0 Å². The maximum absolute atomic E-state index is 5.35. The van der Waals surface area contributed by atoms with E-state index in [1.54, 1.807) is 24.6 Å². The van der Waals surface area contributed by atoms with Crippen molar-refractivity contribution in [1.82, 2.24) is 15.1 Å². The van der Waals surface area contributed by atoms with Crippen molar-refractivity contribution in [1.29, 1.82) is 0 Å². The van der Waals surface area contributed by atoms with Gasteiger partial charge in [-0.1, -0.05) is 0 Å². The monoisotopic (exact) mass is 315 g/mol. The van der Waals surface area contributed by atoms with Gasteiger partial charge in [0.1, 0.15) is 5.69 Å². The van der Waals surface area contributed by atoms with E-state index in [1.807, 2.05) is 24.8 Å². The first kappa shape index (κ1) is 12.6. The highest BCUT2D eigenvalue weighted by Gasteiger charge is 2.22. The minimum atomic E-state index is 0.0914. The lowest BCUT2D eigenvalue weighted by atomic mass is 10.1. The third-order valence-electron chi connectivity index (χ3n) is 2.61. The molecule has 1 unspecified atom stereocenters. The Bertz CT molecular complexity index is 509. The zero-order valence-corrected chi connectivity index (χ0v) is 12.3. The zero-order chi connectivity index (χ0) is 12.4. The molecule has 92 valence electrons. The predicted octanol–water partition coefficient (Wildman–Crippen LogP) is 2.56. The molecule has 0 fully saturated rings. The molecule has 0 aliphatic heterocycles. The largest absolute Gasteiger partial charge is 0.493 e. The molecule has 0 saturated carbocycles. The molecule has 2 aromatic heterocycles. The molecule has 1 atom stereocenters. The molecule has 0 amide bonds. The molecule has 6 heteroatoms. The Morgan fingerprint density at radius 3 is 2.82 bits per heavy atom. The van der Waals surface area contributed by atoms with E-state index in [0.717, 1.165) is 15.2 Å². The van der Waals surface area contributed by atoms with Crippen LogP contribution in [0.3, 0.4) is 0 Å². The van der Waals surface area contributed by atoms with Crippen molar-refractivity contribution in [3.05, 3.63) is 32.7 Å². The van der Waals surface area contributed by atoms with Crippen LogP contribution in [0.15, 0.2) is 22.1 Å². The summed E-state index contributed by atoms with van der Waals surface area (Å²) in [6, 6.07) is 4.24. The van der Waals surface area contributed by atoms with Crippen molar-refractivity contribution in [3.8, 4) is 5.75 Å². The average Bonchev–Trinajstić information content (AvgIpc) is 2.89. The number of thiophene rings is 1. The van der Waals surface area contributed by atoms with Crippen LogP contribution in [-0.4, -0.2) is 23.9 Å². The lowest BCUT2D eigenvalue weighted by molar-refractivity contribution is 0.403. The smallest absolute Gasteiger partial charge is 0.161 e. The van der Waals surface area contributed by atoms with Gasteiger partial charge in [-0.2, -0.15) is 5.10 Å². The molecule has 2 aromatic rings. The van der Waals surface area contributed by atoms with E-state index in [9.17, 15) is 0 Å². The van der Waals surface area contributed by atoms with Gasteiger partial charge in [0, 0.05) is 11.9 Å². The Morgan fingerprint density at radius 2 is 2.29 bits per heavy atom. The maximum atomic E-state index is 5.35. The third-order valence-corrected chi connectivity index (χ3v) is 4.30. The second kappa shape index (κ2) is 5.20. The van der Waals surface area contributed by atoms with Gasteiger partial charge >= 0.3 is 0 Å². The number of ether oxygens (including phenoxy) is 1. The van der Waals surface area contributed by atoms with Gasteiger partial charge < -0.3 is 10.1 Å². The quantitative estimate of drug-likeness (QED) is 0.942. The lowest BCUT2D eigenvalue weighted by Gasteiger charge is -2.16. The van der Waals surface area contributed by atoms with Crippen LogP contribution in [0, 0.1) is 0 Å². The van der Waals surface area contributed by atoms with Gasteiger partial charge in [0.25, 0.3) is 0 Å². The highest BCUT2D eigenvalue weighted by atomic mass is 79.9. The summed E-state index contributed by atoms with van der Waals surface area (Å²) < 4.78 is 8.31. The number of nitrogens with one attached hydrogen (secondary N) is 1. The predicted molar refractivity (Wildman–Crippen MR) is 72.7 cm³/mol. The summed E-state index contributed by atoms with van der Waals surface area (Å²) in [5.41, 5.74) is 1.03. The highest BCUT2D eigenvalue weighted by molar-refractivity contribution is 9.11. The maximum Gasteiger partial charge on any atom is 0.161 e. The summed E-state index contributed by atoms with van der Waals surface area (Å²) in [5, 5.41) is 7.53. The first-order valence-electron chi connectivity index (χ1n) is 5.15. The SMILES string of the molecule is CNC(c1ccc(Br)s1)c1c(OC)cnn1C. The molecule has 0 aliphatic rings. The number of aryl methyl sites for hydroxylation is 1. The van der Waals surface area contributed by atoms with Crippen molar-refractivity contribution in [2.75, 3.05) is 14.2 Å². The summed E-state index contributed by atoms with van der Waals surface area (Å²) >= 11 is 5.19. The number of hydrogen-bond donors (Lipinski definition) is 1. The minimum absolute atomic E-state index is 0.0914. The molecular formula is C11H14BrN3OS. The van der Waals surface area contributed by atoms with Gasteiger partial charge in [-0.15, -0.1) is 11.3 Å². The van der Waals surface area contributed by atoms with Crippen molar-refractivity contribution in [2.24, 2.45) is 7.05 Å². The average molecular weight is 316 g/mol. The molecule has 2 heterocycles. The van der Waals surface area contributed by atoms with E-state index in [2.05, 4.69) is 32.4 Å². The van der Waals surface area contributed by atoms with Crippen LogP contribution in [0.4, 0.5) is 0 Å². The van der Waals surface area contributed by atoms with Crippen molar-refractivity contribution >= 4 is 27.3 Å². The Kier molecular flexibility index (Phi) is 3.86. The molecule has 0 aromatic carbocycles. The first-order chi connectivity index (χ1) is 8.17. The van der Waals surface area contributed by atoms with Crippen LogP contribution in [0.25, 0.3) is 0 Å². The van der Waals surface area contributed by atoms with Gasteiger partial charge in [0.2, 0.25) is 0 Å². The molecule has 0 radical (unpaired) electrons. The molecule has 1 N–H and O–H groups in total. The van der Waals surface area contributed by atoms with Crippen molar-refractivity contribution in [3.63, 3.8) is 0 Å². The molecule has 0 aliphatic carbocycles. The van der Waals surface area contributed by atoms with E-state index < -0.39 is 0 Å². The Labute approximate surface area is 113 Å². The molecule has 0 bridgehead atoms. The number of hydrogen-bond acceptors (Lipinski definition) is 4. The Morgan fingerprint density at radius 1 is 1.53 bits per heavy atom. The molecule has 17 heavy (non-hydrogen) atoms. The summed E-state index contributed by atoms with van der Waals surface area (Å²) in [6.07, 6.45) is 1.74. The summed E-state index contributed by atoms with van der Waals surface area (Å²) in [6.45, 7) is 0. The zero-order valence-electron chi connectivity index (χ0n) is 9.90. The normalized spacial score (nSPS) is 12.7. The second-order valence-corrected chi connectivity index (χ2v) is 6.08. The van der Waals surface area contributed by atoms with Gasteiger partial charge in [-0.25, -0.2) is 0 Å². The summed E-state index contributed by atoms with van der Waals surface area (Å²) in [4.78, 5) is 1.22. The highest BCUT2D eigenvalue weighted by Crippen LogP contribution is 2.34. The van der Waals surface area contributed by atoms with Gasteiger partial charge in [-0.3, -0.25) is 4.68 Å². The van der Waals surface area contributed by atoms with Crippen LogP contribution in [0.1, 0.15) is 16.6 Å². The van der Waals surface area contributed by atoms with E-state index in [4.69, 9.17) is 4.74 Å². The van der Waals surface area contributed by atoms with Crippen molar-refractivity contribution < 1.29 is 4.74 Å². The van der Waals surface area contributed by atoms with Crippen LogP contribution >= 0.6 is 27.3 Å². The summed E-state index contributed by atoms with van der Waals surface area (Å²) in [7, 11) is 5.52. The summed E-state index contributed by atoms with van der Waals surface area (Å²) in [5.74, 6) is 0.802. The fourth-order valence-electron chi connectivity index (χ4n) is 1.81. The van der Waals surface area contributed by atoms with E-state index in [0.29, 0.717) is 0 Å². The number of methoxy groups -OCH3 is 1. The van der Waals surface area contributed by atoms with Crippen molar-refractivity contribution in [2.45, 2.75) is 6.04 Å². The van der Waals surface area contributed by atoms with Crippen LogP contribution in [-0.2, 0) is 7.05 Å². The minimum Gasteiger partial charge on any atom is -0.493 e. The Balaban J connectivity index is 2.44. The topological polar surface area (TPSA) is 39.1 Å². The van der Waals surface area contributed by atoms with E-state index in [1.165, 1.54) is 4.88 Å². The van der Waals surface area contributed by atoms with Gasteiger partial charge in [0.15, 0.2) is 5.75 Å². The van der Waals surface area contributed by atoms with Gasteiger partial charge in [0.05, 0.1) is 23.1 Å². The fourth-order valence-corrected chi connectivity index (χ4v) is 3.35. The Hall–Kier alpha value is -0.850. The number of aromatic nitrogens is 2. The molecular weight excluding hydrogens is 302 g/mol. The van der Waals surface area contributed by atoms with Crippen LogP contribution in [0.5, 0.6) is 5.75 Å². The second-order valence-electron chi connectivity index (χ2n) is 3.59. The number of halogens is 1. The van der Waals surface area contributed by atoms with Gasteiger partial charge in [-0.05, 0) is 35.1 Å². The molecule has 0 spiro atoms. The standard InChI is InChI=1S/C11H14BrN3OS/c1-13-10(8-4-5-9(12)17-8)11-7(16-3)6-14-15(11)2/h4-6,10,13H,1-3H3. The molecule has 0 saturated heterocycles. The number of nitrogens with zero attached hydrogens (tertiary/aromatic N) is 2. The van der Waals surface area contributed by atoms with E-state index in [-0.39, 0.29) is 6.04 Å². The third kappa shape index (κ3) is 2.38. The molecule has 4 nitrogen and oxygen atoms in total.